The van der Waals surface area contributed by atoms with Crippen LogP contribution in [0, 0.1) is 0 Å². The molecule has 16 heavy (non-hydrogen) atoms. The van der Waals surface area contributed by atoms with E-state index >= 15 is 0 Å². The van der Waals surface area contributed by atoms with Gasteiger partial charge in [0.2, 0.25) is 0 Å². The number of hydrogen-bond acceptors (Lipinski definition) is 2. The first-order valence-corrected chi connectivity index (χ1v) is 5.52. The quantitative estimate of drug-likeness (QED) is 0.849. The Bertz CT molecular complexity index is 384. The average Bonchev–Trinajstić information content (AvgIpc) is 2.16. The van der Waals surface area contributed by atoms with E-state index in [1.165, 1.54) is 0 Å². The minimum atomic E-state index is -0.446. The van der Waals surface area contributed by atoms with Crippen molar-refractivity contribution in [3.63, 3.8) is 0 Å². The summed E-state index contributed by atoms with van der Waals surface area (Å²) >= 11 is 0. The van der Waals surface area contributed by atoms with Crippen LogP contribution >= 0.6 is 0 Å². The molecule has 0 spiro atoms. The molecular formula is C13H19NO2. The van der Waals surface area contributed by atoms with E-state index in [4.69, 9.17) is 10.5 Å². The smallest absolute Gasteiger partial charge is 0.252 e. The van der Waals surface area contributed by atoms with Crippen LogP contribution in [0.1, 0.15) is 49.5 Å². The molecule has 0 saturated heterocycles. The maximum Gasteiger partial charge on any atom is 0.252 e. The number of nitrogens with two attached hydrogens (primary N) is 1. The van der Waals surface area contributed by atoms with E-state index in [1.807, 2.05) is 26.0 Å². The molecule has 0 unspecified atom stereocenters. The van der Waals surface area contributed by atoms with Crippen LogP contribution in [0.15, 0.2) is 18.2 Å². The first-order valence-electron chi connectivity index (χ1n) is 5.52. The van der Waals surface area contributed by atoms with Crippen LogP contribution in [0.3, 0.4) is 0 Å². The largest absolute Gasteiger partial charge is 0.490 e. The molecule has 0 radical (unpaired) electrons. The van der Waals surface area contributed by atoms with E-state index in [2.05, 4.69) is 13.8 Å². The van der Waals surface area contributed by atoms with Crippen LogP contribution in [-0.4, -0.2) is 12.0 Å². The van der Waals surface area contributed by atoms with Crippen molar-refractivity contribution in [1.82, 2.24) is 0 Å². The van der Waals surface area contributed by atoms with Crippen molar-refractivity contribution in [2.45, 2.75) is 39.7 Å². The molecule has 1 rings (SSSR count). The lowest BCUT2D eigenvalue weighted by Gasteiger charge is -2.18. The molecule has 3 heteroatoms. The molecule has 0 heterocycles. The van der Waals surface area contributed by atoms with Gasteiger partial charge in [0, 0.05) is 0 Å². The van der Waals surface area contributed by atoms with Gasteiger partial charge in [-0.3, -0.25) is 4.79 Å². The monoisotopic (exact) mass is 221 g/mol. The van der Waals surface area contributed by atoms with Crippen LogP contribution in [0.25, 0.3) is 0 Å². The van der Waals surface area contributed by atoms with Gasteiger partial charge >= 0.3 is 0 Å². The molecule has 3 nitrogen and oxygen atoms in total. The number of ether oxygens (including phenoxy) is 1. The number of primary amides is 1. The Morgan fingerprint density at radius 1 is 1.25 bits per heavy atom. The summed E-state index contributed by atoms with van der Waals surface area (Å²) in [6.45, 7) is 7.99. The Morgan fingerprint density at radius 2 is 1.88 bits per heavy atom. The summed E-state index contributed by atoms with van der Waals surface area (Å²) in [6.07, 6.45) is 0.0259. The third kappa shape index (κ3) is 2.75. The highest BCUT2D eigenvalue weighted by molar-refractivity contribution is 5.96. The van der Waals surface area contributed by atoms with E-state index in [1.54, 1.807) is 6.07 Å². The minimum absolute atomic E-state index is 0.0259. The van der Waals surface area contributed by atoms with Gasteiger partial charge in [-0.2, -0.15) is 0 Å². The van der Waals surface area contributed by atoms with Gasteiger partial charge < -0.3 is 10.5 Å². The van der Waals surface area contributed by atoms with Gasteiger partial charge in [0.25, 0.3) is 5.91 Å². The van der Waals surface area contributed by atoms with Crippen molar-refractivity contribution in [1.29, 1.82) is 0 Å². The molecule has 1 aromatic rings. The van der Waals surface area contributed by atoms with Crippen molar-refractivity contribution in [3.05, 3.63) is 29.3 Å². The van der Waals surface area contributed by atoms with Crippen LogP contribution in [0.5, 0.6) is 5.75 Å². The van der Waals surface area contributed by atoms with Gasteiger partial charge in [-0.25, -0.2) is 0 Å². The van der Waals surface area contributed by atoms with E-state index in [0.29, 0.717) is 17.2 Å². The third-order valence-electron chi connectivity index (χ3n) is 2.29. The van der Waals surface area contributed by atoms with Crippen LogP contribution in [0.4, 0.5) is 0 Å². The summed E-state index contributed by atoms with van der Waals surface area (Å²) in [7, 11) is 0. The van der Waals surface area contributed by atoms with Crippen molar-refractivity contribution in [2.75, 3.05) is 0 Å². The summed E-state index contributed by atoms with van der Waals surface area (Å²) in [4.78, 5) is 11.3. The van der Waals surface area contributed by atoms with Crippen LogP contribution in [-0.2, 0) is 0 Å². The van der Waals surface area contributed by atoms with Crippen LogP contribution < -0.4 is 10.5 Å². The summed E-state index contributed by atoms with van der Waals surface area (Å²) in [5, 5.41) is 0. The highest BCUT2D eigenvalue weighted by Crippen LogP contribution is 2.30. The molecule has 0 aliphatic carbocycles. The predicted octanol–water partition coefficient (Wildman–Crippen LogP) is 2.70. The summed E-state index contributed by atoms with van der Waals surface area (Å²) in [5.41, 5.74) is 6.82. The number of amides is 1. The average molecular weight is 221 g/mol. The lowest BCUT2D eigenvalue weighted by Crippen LogP contribution is -2.17. The molecule has 0 saturated carbocycles. The fraction of sp³-hybridized carbons (Fsp3) is 0.462. The van der Waals surface area contributed by atoms with E-state index in [-0.39, 0.29) is 6.10 Å². The molecule has 0 bridgehead atoms. The van der Waals surface area contributed by atoms with Gasteiger partial charge in [0.05, 0.1) is 11.7 Å². The minimum Gasteiger partial charge on any atom is -0.490 e. The number of rotatable bonds is 4. The fourth-order valence-corrected chi connectivity index (χ4v) is 1.57. The van der Waals surface area contributed by atoms with E-state index < -0.39 is 5.91 Å². The SMILES string of the molecule is CC(C)Oc1c(C(N)=O)cccc1C(C)C. The Labute approximate surface area is 96.6 Å². The van der Waals surface area contributed by atoms with Gasteiger partial charge in [-0.1, -0.05) is 26.0 Å². The second-order valence-corrected chi connectivity index (χ2v) is 4.41. The summed E-state index contributed by atoms with van der Waals surface area (Å²) in [6, 6.07) is 5.50. The highest BCUT2D eigenvalue weighted by Gasteiger charge is 2.16. The van der Waals surface area contributed by atoms with E-state index in [0.717, 1.165) is 5.56 Å². The Kier molecular flexibility index (Phi) is 3.93. The molecule has 1 aromatic carbocycles. The van der Waals surface area contributed by atoms with Gasteiger partial charge in [-0.15, -0.1) is 0 Å². The summed E-state index contributed by atoms with van der Waals surface area (Å²) in [5.74, 6) is 0.478. The normalized spacial score (nSPS) is 10.9. The van der Waals surface area contributed by atoms with Crippen molar-refractivity contribution in [3.8, 4) is 5.75 Å². The molecule has 1 amide bonds. The third-order valence-corrected chi connectivity index (χ3v) is 2.29. The molecule has 2 N–H and O–H groups in total. The Hall–Kier alpha value is -1.51. The Morgan fingerprint density at radius 3 is 2.31 bits per heavy atom. The van der Waals surface area contributed by atoms with Crippen molar-refractivity contribution in [2.24, 2.45) is 5.73 Å². The zero-order valence-corrected chi connectivity index (χ0v) is 10.3. The number of carbonyl (C=O) groups is 1. The highest BCUT2D eigenvalue weighted by atomic mass is 16.5. The first-order chi connectivity index (χ1) is 7.43. The Balaban J connectivity index is 3.29. The van der Waals surface area contributed by atoms with E-state index in [9.17, 15) is 4.79 Å². The second-order valence-electron chi connectivity index (χ2n) is 4.41. The van der Waals surface area contributed by atoms with Gasteiger partial charge in [-0.05, 0) is 31.4 Å². The van der Waals surface area contributed by atoms with Crippen LogP contribution in [0.2, 0.25) is 0 Å². The van der Waals surface area contributed by atoms with Crippen molar-refractivity contribution < 1.29 is 9.53 Å². The molecule has 0 atom stereocenters. The first kappa shape index (κ1) is 12.6. The number of para-hydroxylation sites is 1. The lowest BCUT2D eigenvalue weighted by atomic mass is 9.98. The lowest BCUT2D eigenvalue weighted by molar-refractivity contribution is 0.0994. The molecule has 0 aliphatic rings. The molecule has 88 valence electrons. The van der Waals surface area contributed by atoms with Gasteiger partial charge in [0.1, 0.15) is 5.75 Å². The standard InChI is InChI=1S/C13H19NO2/c1-8(2)10-6-5-7-11(13(14)15)12(10)16-9(3)4/h5-9H,1-4H3,(H2,14,15). The maximum absolute atomic E-state index is 11.3. The molecule has 0 aliphatic heterocycles. The zero-order valence-electron chi connectivity index (χ0n) is 10.3. The fourth-order valence-electron chi connectivity index (χ4n) is 1.57. The van der Waals surface area contributed by atoms with Crippen molar-refractivity contribution >= 4 is 5.91 Å². The van der Waals surface area contributed by atoms with Gasteiger partial charge in [0.15, 0.2) is 0 Å². The molecule has 0 fully saturated rings. The number of benzene rings is 1. The topological polar surface area (TPSA) is 52.3 Å². The second kappa shape index (κ2) is 5.01. The zero-order chi connectivity index (χ0) is 12.3. The molecule has 0 aromatic heterocycles. The number of carbonyl (C=O) groups excluding carboxylic acids is 1. The molecular weight excluding hydrogens is 202 g/mol. The predicted molar refractivity (Wildman–Crippen MR) is 64.8 cm³/mol. The summed E-state index contributed by atoms with van der Waals surface area (Å²) < 4.78 is 5.70. The number of hydrogen-bond donors (Lipinski definition) is 1. The maximum atomic E-state index is 11.3.